The Labute approximate surface area is 132 Å². The fourth-order valence-corrected chi connectivity index (χ4v) is 2.59. The number of hydrogen-bond acceptors (Lipinski definition) is 5. The quantitative estimate of drug-likeness (QED) is 0.799. The summed E-state index contributed by atoms with van der Waals surface area (Å²) in [5.74, 6) is 0.763. The molecule has 0 radical (unpaired) electrons. The minimum Gasteiger partial charge on any atom is -0.489 e. The van der Waals surface area contributed by atoms with Gasteiger partial charge in [-0.3, -0.25) is 4.98 Å². The van der Waals surface area contributed by atoms with Crippen LogP contribution in [0.15, 0.2) is 18.5 Å². The Bertz CT molecular complexity index is 513. The molecule has 1 aromatic rings. The normalized spacial score (nSPS) is 24.5. The first-order valence-electron chi connectivity index (χ1n) is 7.92. The van der Waals surface area contributed by atoms with Crippen molar-refractivity contribution < 1.29 is 18.8 Å². The number of hydrogen-bond donors (Lipinski definition) is 0. The molecule has 0 atom stereocenters. The summed E-state index contributed by atoms with van der Waals surface area (Å²) in [4.78, 5) is 4.27. The van der Waals surface area contributed by atoms with Gasteiger partial charge in [-0.15, -0.1) is 0 Å². The Kier molecular flexibility index (Phi) is 4.18. The van der Waals surface area contributed by atoms with Crippen molar-refractivity contribution in [3.63, 3.8) is 0 Å². The van der Waals surface area contributed by atoms with E-state index in [1.54, 1.807) is 12.4 Å². The smallest absolute Gasteiger partial charge is 0.489 e. The highest BCUT2D eigenvalue weighted by Crippen LogP contribution is 2.36. The molecule has 2 aliphatic rings. The molecule has 1 aromatic heterocycles. The van der Waals surface area contributed by atoms with Crippen LogP contribution in [0.1, 0.15) is 40.5 Å². The topological polar surface area (TPSA) is 49.8 Å². The van der Waals surface area contributed by atoms with Gasteiger partial charge in [-0.2, -0.15) is 0 Å². The minimum atomic E-state index is -0.407. The average Bonchev–Trinajstić information content (AvgIpc) is 2.69. The van der Waals surface area contributed by atoms with Crippen LogP contribution < -0.4 is 10.2 Å². The third-order valence-corrected chi connectivity index (χ3v) is 4.73. The zero-order valence-corrected chi connectivity index (χ0v) is 13.8. The molecule has 2 fully saturated rings. The second kappa shape index (κ2) is 5.83. The Morgan fingerprint density at radius 2 is 1.73 bits per heavy atom. The largest absolute Gasteiger partial charge is 0.496 e. The zero-order chi connectivity index (χ0) is 15.8. The Balaban J connectivity index is 1.72. The van der Waals surface area contributed by atoms with E-state index in [1.165, 1.54) is 0 Å². The highest BCUT2D eigenvalue weighted by molar-refractivity contribution is 6.62. The summed E-state index contributed by atoms with van der Waals surface area (Å²) >= 11 is 0. The molecule has 0 unspecified atom stereocenters. The zero-order valence-electron chi connectivity index (χ0n) is 13.8. The van der Waals surface area contributed by atoms with E-state index in [1.807, 2.05) is 33.8 Å². The second-order valence-corrected chi connectivity index (χ2v) is 6.97. The van der Waals surface area contributed by atoms with Gasteiger partial charge in [-0.25, -0.2) is 0 Å². The summed E-state index contributed by atoms with van der Waals surface area (Å²) in [6, 6.07) is 1.96. The Morgan fingerprint density at radius 1 is 1.09 bits per heavy atom. The van der Waals surface area contributed by atoms with E-state index >= 15 is 0 Å². The Morgan fingerprint density at radius 3 is 2.36 bits per heavy atom. The summed E-state index contributed by atoms with van der Waals surface area (Å²) in [6.07, 6.45) is 5.55. The van der Waals surface area contributed by atoms with E-state index in [-0.39, 0.29) is 17.3 Å². The summed E-state index contributed by atoms with van der Waals surface area (Å²) in [5, 5.41) is 0. The molecule has 6 heteroatoms. The van der Waals surface area contributed by atoms with E-state index < -0.39 is 7.12 Å². The van der Waals surface area contributed by atoms with Crippen LogP contribution in [0, 0.1) is 0 Å². The maximum absolute atomic E-state index is 6.06. The van der Waals surface area contributed by atoms with Gasteiger partial charge in [0.25, 0.3) is 0 Å². The first-order valence-corrected chi connectivity index (χ1v) is 7.92. The van der Waals surface area contributed by atoms with Crippen molar-refractivity contribution in [2.75, 3.05) is 13.2 Å². The monoisotopic (exact) mass is 305 g/mol. The second-order valence-electron chi connectivity index (χ2n) is 6.97. The molecule has 2 saturated heterocycles. The van der Waals surface area contributed by atoms with Crippen LogP contribution in [0.2, 0.25) is 0 Å². The number of nitrogens with zero attached hydrogens (tertiary/aromatic N) is 1. The van der Waals surface area contributed by atoms with Crippen molar-refractivity contribution in [3.8, 4) is 5.75 Å². The van der Waals surface area contributed by atoms with Gasteiger partial charge in [-0.05, 0) is 33.8 Å². The van der Waals surface area contributed by atoms with Gasteiger partial charge in [0.05, 0.1) is 30.6 Å². The summed E-state index contributed by atoms with van der Waals surface area (Å²) in [5.41, 5.74) is 0.188. The highest BCUT2D eigenvalue weighted by atomic mass is 16.7. The van der Waals surface area contributed by atoms with Crippen molar-refractivity contribution in [3.05, 3.63) is 18.5 Å². The number of aromatic nitrogens is 1. The molecule has 2 aliphatic heterocycles. The highest BCUT2D eigenvalue weighted by Gasteiger charge is 2.51. The van der Waals surface area contributed by atoms with E-state index in [9.17, 15) is 0 Å². The number of pyridine rings is 1. The third kappa shape index (κ3) is 3.14. The fourth-order valence-electron chi connectivity index (χ4n) is 2.59. The number of rotatable bonds is 3. The molecule has 5 nitrogen and oxygen atoms in total. The van der Waals surface area contributed by atoms with Gasteiger partial charge in [0.1, 0.15) is 11.9 Å². The van der Waals surface area contributed by atoms with Crippen molar-refractivity contribution >= 4 is 12.6 Å². The molecule has 3 rings (SSSR count). The standard InChI is InChI=1S/C16H24BNO4/c1-15(2)16(3,4)22-17(21-15)12-9-14(11-18-10-12)20-13-5-7-19-8-6-13/h9-11,13H,5-8H2,1-4H3. The first-order chi connectivity index (χ1) is 10.4. The van der Waals surface area contributed by atoms with Crippen LogP contribution in [-0.4, -0.2) is 42.6 Å². The lowest BCUT2D eigenvalue weighted by Gasteiger charge is -2.32. The third-order valence-electron chi connectivity index (χ3n) is 4.73. The lowest BCUT2D eigenvalue weighted by Crippen LogP contribution is -2.41. The van der Waals surface area contributed by atoms with Gasteiger partial charge in [0, 0.05) is 24.5 Å². The van der Waals surface area contributed by atoms with Crippen LogP contribution in [0.3, 0.4) is 0 Å². The molecule has 3 heterocycles. The lowest BCUT2D eigenvalue weighted by atomic mass is 9.80. The lowest BCUT2D eigenvalue weighted by molar-refractivity contribution is 0.00578. The molecular weight excluding hydrogens is 281 g/mol. The van der Waals surface area contributed by atoms with Crippen LogP contribution in [0.4, 0.5) is 0 Å². The molecule has 0 bridgehead atoms. The van der Waals surface area contributed by atoms with Crippen molar-refractivity contribution in [1.82, 2.24) is 4.98 Å². The predicted molar refractivity (Wildman–Crippen MR) is 84.4 cm³/mol. The molecule has 0 saturated carbocycles. The van der Waals surface area contributed by atoms with Gasteiger partial charge in [-0.1, -0.05) is 0 Å². The van der Waals surface area contributed by atoms with E-state index in [4.69, 9.17) is 18.8 Å². The van der Waals surface area contributed by atoms with Crippen LogP contribution in [0.25, 0.3) is 0 Å². The summed E-state index contributed by atoms with van der Waals surface area (Å²) in [6.45, 7) is 9.70. The molecule has 0 spiro atoms. The predicted octanol–water partition coefficient (Wildman–Crippen LogP) is 1.94. The van der Waals surface area contributed by atoms with Crippen LogP contribution in [0.5, 0.6) is 5.75 Å². The van der Waals surface area contributed by atoms with Crippen molar-refractivity contribution in [2.24, 2.45) is 0 Å². The minimum absolute atomic E-state index is 0.198. The van der Waals surface area contributed by atoms with Crippen molar-refractivity contribution in [1.29, 1.82) is 0 Å². The van der Waals surface area contributed by atoms with Gasteiger partial charge < -0.3 is 18.8 Å². The summed E-state index contributed by atoms with van der Waals surface area (Å²) < 4.78 is 23.5. The first kappa shape index (κ1) is 15.8. The molecule has 0 N–H and O–H groups in total. The van der Waals surface area contributed by atoms with Crippen LogP contribution >= 0.6 is 0 Å². The molecule has 0 aliphatic carbocycles. The SMILES string of the molecule is CC1(C)OB(c2cncc(OC3CCOCC3)c2)OC1(C)C. The van der Waals surface area contributed by atoms with Gasteiger partial charge in [0.15, 0.2) is 0 Å². The van der Waals surface area contributed by atoms with E-state index in [0.717, 1.165) is 37.3 Å². The van der Waals surface area contributed by atoms with Crippen molar-refractivity contribution in [2.45, 2.75) is 57.8 Å². The fraction of sp³-hybridized carbons (Fsp3) is 0.688. The maximum Gasteiger partial charge on any atom is 0.496 e. The maximum atomic E-state index is 6.06. The van der Waals surface area contributed by atoms with Gasteiger partial charge in [0.2, 0.25) is 0 Å². The molecule has 120 valence electrons. The Hall–Kier alpha value is -1.11. The average molecular weight is 305 g/mol. The van der Waals surface area contributed by atoms with E-state index in [0.29, 0.717) is 0 Å². The van der Waals surface area contributed by atoms with Gasteiger partial charge >= 0.3 is 7.12 Å². The summed E-state index contributed by atoms with van der Waals surface area (Å²) in [7, 11) is -0.407. The molecule has 0 aromatic carbocycles. The van der Waals surface area contributed by atoms with E-state index in [2.05, 4.69) is 4.98 Å². The molecule has 0 amide bonds. The molecular formula is C16H24BNO4. The van der Waals surface area contributed by atoms with Crippen LogP contribution in [-0.2, 0) is 14.0 Å². The molecule has 22 heavy (non-hydrogen) atoms. The number of ether oxygens (including phenoxy) is 2.